The zero-order valence-corrected chi connectivity index (χ0v) is 10.6. The third kappa shape index (κ3) is 3.41. The molecular formula is C10H24N2Si. The minimum absolute atomic E-state index is 1.00. The average Bonchev–Trinajstić information content (AvgIpc) is 2.04. The number of nitrogens with zero attached hydrogens (tertiary/aromatic N) is 2. The van der Waals surface area contributed by atoms with Crippen molar-refractivity contribution in [2.45, 2.75) is 33.0 Å². The lowest BCUT2D eigenvalue weighted by Gasteiger charge is -2.41. The molecule has 78 valence electrons. The minimum Gasteiger partial charge on any atom is -0.321 e. The van der Waals surface area contributed by atoms with Crippen molar-refractivity contribution in [1.29, 1.82) is 0 Å². The van der Waals surface area contributed by atoms with E-state index in [0.717, 1.165) is 0 Å². The van der Waals surface area contributed by atoms with E-state index in [0.29, 0.717) is 0 Å². The van der Waals surface area contributed by atoms with Crippen molar-refractivity contribution < 1.29 is 0 Å². The molecule has 0 aliphatic carbocycles. The molecule has 1 aliphatic rings. The highest BCUT2D eigenvalue weighted by molar-refractivity contribution is 6.73. The van der Waals surface area contributed by atoms with E-state index in [1.165, 1.54) is 39.1 Å². The van der Waals surface area contributed by atoms with Gasteiger partial charge in [-0.3, -0.25) is 0 Å². The molecule has 0 atom stereocenters. The van der Waals surface area contributed by atoms with Gasteiger partial charge in [0.25, 0.3) is 0 Å². The van der Waals surface area contributed by atoms with Gasteiger partial charge in [-0.25, -0.2) is 0 Å². The lowest BCUT2D eigenvalue weighted by atomic mass is 10.3. The Labute approximate surface area is 84.0 Å². The van der Waals surface area contributed by atoms with Crippen LogP contribution >= 0.6 is 0 Å². The largest absolute Gasteiger partial charge is 0.321 e. The molecule has 1 heterocycles. The molecule has 0 aromatic rings. The first-order valence-electron chi connectivity index (χ1n) is 5.51. The van der Waals surface area contributed by atoms with Gasteiger partial charge in [-0.05, 0) is 13.0 Å². The molecule has 2 nitrogen and oxygen atoms in total. The van der Waals surface area contributed by atoms with Crippen molar-refractivity contribution >= 4 is 8.24 Å². The molecule has 0 N–H and O–H groups in total. The van der Waals surface area contributed by atoms with E-state index < -0.39 is 8.24 Å². The van der Waals surface area contributed by atoms with Gasteiger partial charge in [-0.15, -0.1) is 0 Å². The monoisotopic (exact) mass is 200 g/mol. The topological polar surface area (TPSA) is 6.48 Å². The highest BCUT2D eigenvalue weighted by Crippen LogP contribution is 2.12. The van der Waals surface area contributed by atoms with E-state index in [2.05, 4.69) is 36.0 Å². The van der Waals surface area contributed by atoms with Gasteiger partial charge in [0, 0.05) is 26.2 Å². The smallest absolute Gasteiger partial charge is 0.119 e. The second kappa shape index (κ2) is 4.58. The summed E-state index contributed by atoms with van der Waals surface area (Å²) >= 11 is 0. The van der Waals surface area contributed by atoms with Crippen molar-refractivity contribution in [3.05, 3.63) is 0 Å². The van der Waals surface area contributed by atoms with Crippen molar-refractivity contribution in [3.8, 4) is 0 Å². The summed E-state index contributed by atoms with van der Waals surface area (Å²) in [7, 11) is -1.00. The number of rotatable bonds is 3. The van der Waals surface area contributed by atoms with Gasteiger partial charge >= 0.3 is 0 Å². The second-order valence-electron chi connectivity index (χ2n) is 5.00. The van der Waals surface area contributed by atoms with E-state index in [9.17, 15) is 0 Å². The van der Waals surface area contributed by atoms with Crippen LogP contribution in [0.4, 0.5) is 0 Å². The zero-order valence-electron chi connectivity index (χ0n) is 9.64. The molecule has 0 aromatic carbocycles. The van der Waals surface area contributed by atoms with Crippen LogP contribution < -0.4 is 0 Å². The SMILES string of the molecule is CCCN1CCN([Si](C)(C)C)CC1. The molecule has 1 aliphatic heterocycles. The van der Waals surface area contributed by atoms with Crippen molar-refractivity contribution in [1.82, 2.24) is 9.47 Å². The summed E-state index contributed by atoms with van der Waals surface area (Å²) in [5.74, 6) is 0. The van der Waals surface area contributed by atoms with Crippen molar-refractivity contribution in [2.24, 2.45) is 0 Å². The molecule has 0 saturated carbocycles. The Balaban J connectivity index is 2.30. The molecule has 0 bridgehead atoms. The predicted octanol–water partition coefficient (Wildman–Crippen LogP) is 1.85. The second-order valence-corrected chi connectivity index (χ2v) is 9.97. The maximum absolute atomic E-state index is 2.72. The van der Waals surface area contributed by atoms with Crippen LogP contribution in [0.1, 0.15) is 13.3 Å². The summed E-state index contributed by atoms with van der Waals surface area (Å²) in [4.78, 5) is 2.59. The molecule has 0 aromatic heterocycles. The Hall–Kier alpha value is 0.137. The Kier molecular flexibility index (Phi) is 3.95. The average molecular weight is 200 g/mol. The normalized spacial score (nSPS) is 22.2. The van der Waals surface area contributed by atoms with Gasteiger partial charge in [0.05, 0.1) is 0 Å². The molecule has 13 heavy (non-hydrogen) atoms. The molecule has 0 radical (unpaired) electrons. The van der Waals surface area contributed by atoms with E-state index in [-0.39, 0.29) is 0 Å². The van der Waals surface area contributed by atoms with Crippen LogP contribution in [0, 0.1) is 0 Å². The van der Waals surface area contributed by atoms with E-state index in [1.807, 2.05) is 0 Å². The Morgan fingerprint density at radius 1 is 1.00 bits per heavy atom. The van der Waals surface area contributed by atoms with Crippen LogP contribution in [0.15, 0.2) is 0 Å². The standard InChI is InChI=1S/C10H24N2Si/c1-5-6-11-7-9-12(10-8-11)13(2,3)4/h5-10H2,1-4H3. The lowest BCUT2D eigenvalue weighted by molar-refractivity contribution is 0.184. The van der Waals surface area contributed by atoms with Gasteiger partial charge < -0.3 is 9.47 Å². The molecule has 1 saturated heterocycles. The summed E-state index contributed by atoms with van der Waals surface area (Å²) < 4.78 is 2.72. The van der Waals surface area contributed by atoms with E-state index in [4.69, 9.17) is 0 Å². The molecular weight excluding hydrogens is 176 g/mol. The van der Waals surface area contributed by atoms with E-state index >= 15 is 0 Å². The summed E-state index contributed by atoms with van der Waals surface area (Å²) in [5.41, 5.74) is 0. The van der Waals surface area contributed by atoms with Crippen molar-refractivity contribution in [3.63, 3.8) is 0 Å². The minimum atomic E-state index is -1.00. The summed E-state index contributed by atoms with van der Waals surface area (Å²) in [6, 6.07) is 0. The Morgan fingerprint density at radius 2 is 1.54 bits per heavy atom. The fourth-order valence-electron chi connectivity index (χ4n) is 1.96. The van der Waals surface area contributed by atoms with Crippen LogP contribution in [-0.2, 0) is 0 Å². The number of hydrogen-bond donors (Lipinski definition) is 0. The van der Waals surface area contributed by atoms with Crippen LogP contribution in [0.2, 0.25) is 19.6 Å². The Morgan fingerprint density at radius 3 is 1.92 bits per heavy atom. The predicted molar refractivity (Wildman–Crippen MR) is 61.7 cm³/mol. The summed E-state index contributed by atoms with van der Waals surface area (Å²) in [6.45, 7) is 16.1. The summed E-state index contributed by atoms with van der Waals surface area (Å²) in [5, 5.41) is 0. The lowest BCUT2D eigenvalue weighted by Crippen LogP contribution is -2.56. The van der Waals surface area contributed by atoms with Crippen molar-refractivity contribution in [2.75, 3.05) is 32.7 Å². The van der Waals surface area contributed by atoms with Gasteiger partial charge in [-0.1, -0.05) is 26.6 Å². The molecule has 1 rings (SSSR count). The fraction of sp³-hybridized carbons (Fsp3) is 1.00. The van der Waals surface area contributed by atoms with Crippen LogP contribution in [-0.4, -0.2) is 50.4 Å². The maximum Gasteiger partial charge on any atom is 0.119 e. The van der Waals surface area contributed by atoms with Gasteiger partial charge in [0.2, 0.25) is 0 Å². The quantitative estimate of drug-likeness (QED) is 0.642. The summed E-state index contributed by atoms with van der Waals surface area (Å²) in [6.07, 6.45) is 1.30. The molecule has 0 spiro atoms. The van der Waals surface area contributed by atoms with Crippen LogP contribution in [0.25, 0.3) is 0 Å². The number of piperazine rings is 1. The van der Waals surface area contributed by atoms with Crippen LogP contribution in [0.3, 0.4) is 0 Å². The molecule has 0 unspecified atom stereocenters. The Bertz CT molecular complexity index is 145. The highest BCUT2D eigenvalue weighted by Gasteiger charge is 2.26. The van der Waals surface area contributed by atoms with Crippen LogP contribution in [0.5, 0.6) is 0 Å². The molecule has 1 fully saturated rings. The van der Waals surface area contributed by atoms with Gasteiger partial charge in [0.15, 0.2) is 0 Å². The maximum atomic E-state index is 2.72. The van der Waals surface area contributed by atoms with Gasteiger partial charge in [0.1, 0.15) is 8.24 Å². The fourth-order valence-corrected chi connectivity index (χ4v) is 3.50. The molecule has 3 heteroatoms. The molecule has 0 amide bonds. The third-order valence-electron chi connectivity index (χ3n) is 2.86. The highest BCUT2D eigenvalue weighted by atomic mass is 28.3. The van der Waals surface area contributed by atoms with E-state index in [1.54, 1.807) is 0 Å². The first kappa shape index (κ1) is 11.2. The van der Waals surface area contributed by atoms with Gasteiger partial charge in [-0.2, -0.15) is 0 Å². The zero-order chi connectivity index (χ0) is 9.90. The first-order valence-corrected chi connectivity index (χ1v) is 8.96. The first-order chi connectivity index (χ1) is 6.04. The third-order valence-corrected chi connectivity index (χ3v) is 5.21. The number of hydrogen-bond acceptors (Lipinski definition) is 2.